The average molecular weight is 326 g/mol. The number of halogens is 1. The Morgan fingerprint density at radius 2 is 2.00 bits per heavy atom. The Morgan fingerprint density at radius 1 is 1.33 bits per heavy atom. The molecule has 0 fully saturated rings. The summed E-state index contributed by atoms with van der Waals surface area (Å²) < 4.78 is 4.82. The van der Waals surface area contributed by atoms with Crippen molar-refractivity contribution in [1.82, 2.24) is 9.59 Å². The van der Waals surface area contributed by atoms with Gasteiger partial charge in [-0.1, -0.05) is 34.3 Å². The number of hydrogen-bond donors (Lipinski definition) is 1. The Morgan fingerprint density at radius 3 is 2.61 bits per heavy atom. The summed E-state index contributed by atoms with van der Waals surface area (Å²) in [6.45, 7) is 3.99. The second-order valence-corrected chi connectivity index (χ2v) is 5.77. The van der Waals surface area contributed by atoms with E-state index in [1.165, 1.54) is 0 Å². The molecule has 4 nitrogen and oxygen atoms in total. The normalized spacial score (nSPS) is 10.7. The molecule has 2 rings (SSSR count). The van der Waals surface area contributed by atoms with Gasteiger partial charge in [0.05, 0.1) is 5.69 Å². The molecule has 1 aromatic carbocycles. The predicted molar refractivity (Wildman–Crippen MR) is 76.1 cm³/mol. The second-order valence-electron chi connectivity index (χ2n) is 4.10. The van der Waals surface area contributed by atoms with E-state index in [1.54, 1.807) is 0 Å². The SMILES string of the molecule is CC(C)c1nnsc1C(=O)Nc1ccc(Br)cc1. The van der Waals surface area contributed by atoms with E-state index in [1.807, 2.05) is 38.1 Å². The number of carbonyl (C=O) groups is 1. The molecule has 0 atom stereocenters. The first-order valence-corrected chi connectivity index (χ1v) is 7.03. The Labute approximate surface area is 118 Å². The molecule has 1 amide bonds. The minimum atomic E-state index is -0.156. The highest BCUT2D eigenvalue weighted by Crippen LogP contribution is 2.21. The van der Waals surface area contributed by atoms with Crippen LogP contribution in [0.2, 0.25) is 0 Å². The minimum Gasteiger partial charge on any atom is -0.321 e. The quantitative estimate of drug-likeness (QED) is 0.936. The van der Waals surface area contributed by atoms with Gasteiger partial charge in [-0.3, -0.25) is 4.79 Å². The molecule has 1 aromatic heterocycles. The summed E-state index contributed by atoms with van der Waals surface area (Å²) in [6.07, 6.45) is 0. The smallest absolute Gasteiger partial charge is 0.269 e. The van der Waals surface area contributed by atoms with Gasteiger partial charge in [0.15, 0.2) is 0 Å². The van der Waals surface area contributed by atoms with Gasteiger partial charge >= 0.3 is 0 Å². The van der Waals surface area contributed by atoms with Crippen LogP contribution in [0, 0.1) is 0 Å². The van der Waals surface area contributed by atoms with Gasteiger partial charge < -0.3 is 5.32 Å². The molecular weight excluding hydrogens is 314 g/mol. The van der Waals surface area contributed by atoms with Gasteiger partial charge in [-0.2, -0.15) is 0 Å². The van der Waals surface area contributed by atoms with Crippen LogP contribution in [0.15, 0.2) is 28.7 Å². The highest BCUT2D eigenvalue weighted by Gasteiger charge is 2.18. The topological polar surface area (TPSA) is 54.9 Å². The highest BCUT2D eigenvalue weighted by molar-refractivity contribution is 9.10. The van der Waals surface area contributed by atoms with Crippen LogP contribution in [0.3, 0.4) is 0 Å². The Hall–Kier alpha value is -1.27. The van der Waals surface area contributed by atoms with Gasteiger partial charge in [0.2, 0.25) is 0 Å². The summed E-state index contributed by atoms with van der Waals surface area (Å²) in [6, 6.07) is 7.44. The van der Waals surface area contributed by atoms with Crippen LogP contribution in [0.5, 0.6) is 0 Å². The number of hydrogen-bond acceptors (Lipinski definition) is 4. The van der Waals surface area contributed by atoms with Crippen LogP contribution < -0.4 is 5.32 Å². The third-order valence-electron chi connectivity index (χ3n) is 2.37. The zero-order valence-electron chi connectivity index (χ0n) is 9.98. The van der Waals surface area contributed by atoms with Gasteiger partial charge in [-0.05, 0) is 41.7 Å². The summed E-state index contributed by atoms with van der Waals surface area (Å²) in [5.74, 6) is 0.0328. The van der Waals surface area contributed by atoms with Crippen molar-refractivity contribution in [2.75, 3.05) is 5.32 Å². The molecule has 0 saturated carbocycles. The first-order valence-electron chi connectivity index (χ1n) is 5.47. The van der Waals surface area contributed by atoms with Crippen molar-refractivity contribution in [3.63, 3.8) is 0 Å². The third kappa shape index (κ3) is 2.94. The van der Waals surface area contributed by atoms with E-state index >= 15 is 0 Å². The zero-order valence-corrected chi connectivity index (χ0v) is 12.4. The molecule has 0 aliphatic carbocycles. The number of nitrogens with zero attached hydrogens (tertiary/aromatic N) is 2. The van der Waals surface area contributed by atoms with Crippen molar-refractivity contribution in [2.45, 2.75) is 19.8 Å². The molecule has 0 aliphatic rings. The van der Waals surface area contributed by atoms with Gasteiger partial charge in [0, 0.05) is 10.2 Å². The molecule has 6 heteroatoms. The van der Waals surface area contributed by atoms with Crippen molar-refractivity contribution in [3.8, 4) is 0 Å². The molecule has 2 aromatic rings. The van der Waals surface area contributed by atoms with E-state index < -0.39 is 0 Å². The van der Waals surface area contributed by atoms with Gasteiger partial charge in [-0.15, -0.1) is 5.10 Å². The van der Waals surface area contributed by atoms with Gasteiger partial charge in [-0.25, -0.2) is 0 Å². The first-order chi connectivity index (χ1) is 8.58. The number of nitrogens with one attached hydrogen (secondary N) is 1. The fourth-order valence-corrected chi connectivity index (χ4v) is 2.43. The largest absolute Gasteiger partial charge is 0.321 e. The van der Waals surface area contributed by atoms with Crippen molar-refractivity contribution >= 4 is 39.1 Å². The molecule has 94 valence electrons. The number of rotatable bonds is 3. The maximum atomic E-state index is 12.1. The lowest BCUT2D eigenvalue weighted by Crippen LogP contribution is -2.12. The summed E-state index contributed by atoms with van der Waals surface area (Å²) in [7, 11) is 0. The molecule has 1 heterocycles. The van der Waals surface area contributed by atoms with Crippen LogP contribution in [-0.4, -0.2) is 15.5 Å². The van der Waals surface area contributed by atoms with Crippen molar-refractivity contribution in [3.05, 3.63) is 39.3 Å². The second kappa shape index (κ2) is 5.58. The molecule has 18 heavy (non-hydrogen) atoms. The Balaban J connectivity index is 2.17. The van der Waals surface area contributed by atoms with Crippen molar-refractivity contribution in [1.29, 1.82) is 0 Å². The van der Waals surface area contributed by atoms with E-state index in [0.29, 0.717) is 4.88 Å². The standard InChI is InChI=1S/C12H12BrN3OS/c1-7(2)10-11(18-16-15-10)12(17)14-9-5-3-8(13)4-6-9/h3-7H,1-2H3,(H,14,17). The number of benzene rings is 1. The van der Waals surface area contributed by atoms with E-state index in [2.05, 4.69) is 30.8 Å². The zero-order chi connectivity index (χ0) is 13.1. The van der Waals surface area contributed by atoms with Crippen LogP contribution in [-0.2, 0) is 0 Å². The fourth-order valence-electron chi connectivity index (χ4n) is 1.45. The molecular formula is C12H12BrN3OS. The van der Waals surface area contributed by atoms with Crippen LogP contribution in [0.4, 0.5) is 5.69 Å². The number of anilines is 1. The molecule has 0 unspecified atom stereocenters. The molecule has 0 aliphatic heterocycles. The average Bonchev–Trinajstić information content (AvgIpc) is 2.81. The lowest BCUT2D eigenvalue weighted by atomic mass is 10.1. The van der Waals surface area contributed by atoms with Gasteiger partial charge in [0.25, 0.3) is 5.91 Å². The Kier molecular flexibility index (Phi) is 4.08. The van der Waals surface area contributed by atoms with E-state index in [4.69, 9.17) is 0 Å². The van der Waals surface area contributed by atoms with Crippen molar-refractivity contribution in [2.24, 2.45) is 0 Å². The van der Waals surface area contributed by atoms with E-state index in [-0.39, 0.29) is 11.8 Å². The maximum absolute atomic E-state index is 12.1. The van der Waals surface area contributed by atoms with Crippen LogP contribution in [0.1, 0.15) is 35.1 Å². The first kappa shape index (κ1) is 13.2. The van der Waals surface area contributed by atoms with Gasteiger partial charge in [0.1, 0.15) is 4.88 Å². The number of carbonyl (C=O) groups excluding carboxylic acids is 1. The molecule has 1 N–H and O–H groups in total. The monoisotopic (exact) mass is 325 g/mol. The highest BCUT2D eigenvalue weighted by atomic mass is 79.9. The lowest BCUT2D eigenvalue weighted by molar-refractivity contribution is 0.102. The van der Waals surface area contributed by atoms with Crippen LogP contribution in [0.25, 0.3) is 0 Å². The lowest BCUT2D eigenvalue weighted by Gasteiger charge is -2.06. The van der Waals surface area contributed by atoms with E-state index in [9.17, 15) is 4.79 Å². The summed E-state index contributed by atoms with van der Waals surface area (Å²) in [4.78, 5) is 12.7. The molecule has 0 saturated heterocycles. The number of aromatic nitrogens is 2. The third-order valence-corrected chi connectivity index (χ3v) is 3.64. The molecule has 0 bridgehead atoms. The summed E-state index contributed by atoms with van der Waals surface area (Å²) in [5, 5.41) is 6.83. The summed E-state index contributed by atoms with van der Waals surface area (Å²) >= 11 is 4.48. The van der Waals surface area contributed by atoms with E-state index in [0.717, 1.165) is 27.4 Å². The Bertz CT molecular complexity index is 551. The minimum absolute atomic E-state index is 0.156. The van der Waals surface area contributed by atoms with Crippen molar-refractivity contribution < 1.29 is 4.79 Å². The molecule has 0 spiro atoms. The van der Waals surface area contributed by atoms with Crippen LogP contribution >= 0.6 is 27.5 Å². The fraction of sp³-hybridized carbons (Fsp3) is 0.250. The predicted octanol–water partition coefficient (Wildman–Crippen LogP) is 3.68. The molecule has 0 radical (unpaired) electrons. The maximum Gasteiger partial charge on any atom is 0.269 e. The number of amides is 1. The summed E-state index contributed by atoms with van der Waals surface area (Å²) in [5.41, 5.74) is 1.50.